The molecule has 0 saturated carbocycles. The third-order valence-electron chi connectivity index (χ3n) is 6.47. The predicted molar refractivity (Wildman–Crippen MR) is 123 cm³/mol. The van der Waals surface area contributed by atoms with Gasteiger partial charge in [-0.05, 0) is 74.2 Å². The lowest BCUT2D eigenvalue weighted by atomic mass is 10.1. The maximum atomic E-state index is 13.0. The molecule has 6 heteroatoms. The maximum absolute atomic E-state index is 13.0. The Morgan fingerprint density at radius 2 is 1.61 bits per heavy atom. The second-order valence-electron chi connectivity index (χ2n) is 8.70. The van der Waals surface area contributed by atoms with E-state index in [-0.39, 0.29) is 24.6 Å². The fraction of sp³-hybridized carbons (Fsp3) is 0.440. The van der Waals surface area contributed by atoms with Crippen molar-refractivity contribution in [2.75, 3.05) is 42.6 Å². The Labute approximate surface area is 184 Å². The molecule has 2 unspecified atom stereocenters. The molecule has 2 atom stereocenters. The SMILES string of the molecule is Cc1cc(C)cc(N2CCN(C(=O)c3ccc(N4C(C=O)CCC4CO)cc3)CC2)c1. The van der Waals surface area contributed by atoms with Gasteiger partial charge in [0.05, 0.1) is 18.7 Å². The summed E-state index contributed by atoms with van der Waals surface area (Å²) in [5, 5.41) is 9.64. The number of hydrogen-bond donors (Lipinski definition) is 1. The Balaban J connectivity index is 1.41. The van der Waals surface area contributed by atoms with Gasteiger partial charge in [-0.1, -0.05) is 6.07 Å². The van der Waals surface area contributed by atoms with Gasteiger partial charge < -0.3 is 24.6 Å². The molecular weight excluding hydrogens is 390 g/mol. The van der Waals surface area contributed by atoms with Gasteiger partial charge in [-0.25, -0.2) is 0 Å². The Hall–Kier alpha value is -2.86. The first-order valence-corrected chi connectivity index (χ1v) is 11.1. The van der Waals surface area contributed by atoms with Gasteiger partial charge in [0, 0.05) is 43.1 Å². The number of hydrogen-bond acceptors (Lipinski definition) is 5. The van der Waals surface area contributed by atoms with Crippen molar-refractivity contribution >= 4 is 23.6 Å². The van der Waals surface area contributed by atoms with E-state index in [1.54, 1.807) is 0 Å². The number of piperazine rings is 1. The van der Waals surface area contributed by atoms with Crippen LogP contribution in [0.1, 0.15) is 34.3 Å². The van der Waals surface area contributed by atoms with Crippen LogP contribution >= 0.6 is 0 Å². The second kappa shape index (κ2) is 9.10. The molecule has 1 amide bonds. The topological polar surface area (TPSA) is 64.1 Å². The summed E-state index contributed by atoms with van der Waals surface area (Å²) in [6, 6.07) is 13.8. The average molecular weight is 422 g/mol. The summed E-state index contributed by atoms with van der Waals surface area (Å²) in [4.78, 5) is 30.7. The number of carbonyl (C=O) groups is 2. The molecule has 0 spiro atoms. The number of aryl methyl sites for hydroxylation is 2. The lowest BCUT2D eigenvalue weighted by Crippen LogP contribution is -2.48. The largest absolute Gasteiger partial charge is 0.394 e. The Kier molecular flexibility index (Phi) is 6.28. The highest BCUT2D eigenvalue weighted by atomic mass is 16.3. The first kappa shape index (κ1) is 21.4. The van der Waals surface area contributed by atoms with E-state index in [4.69, 9.17) is 0 Å². The third-order valence-corrected chi connectivity index (χ3v) is 6.47. The standard InChI is InChI=1S/C25H31N3O3/c1-18-13-19(2)15-24(14-18)26-9-11-27(12-10-26)25(31)20-3-5-21(6-4-20)28-22(16-29)7-8-23(28)17-30/h3-6,13-16,22-23,30H,7-12,17H2,1-2H3. The van der Waals surface area contributed by atoms with E-state index in [0.29, 0.717) is 18.7 Å². The van der Waals surface area contributed by atoms with Crippen LogP contribution in [0.5, 0.6) is 0 Å². The van der Waals surface area contributed by atoms with E-state index < -0.39 is 0 Å². The monoisotopic (exact) mass is 421 g/mol. The molecule has 2 aromatic rings. The van der Waals surface area contributed by atoms with Crippen LogP contribution < -0.4 is 9.80 Å². The lowest BCUT2D eigenvalue weighted by molar-refractivity contribution is -0.108. The minimum Gasteiger partial charge on any atom is -0.394 e. The highest BCUT2D eigenvalue weighted by molar-refractivity contribution is 5.94. The van der Waals surface area contributed by atoms with E-state index in [9.17, 15) is 14.7 Å². The zero-order valence-electron chi connectivity index (χ0n) is 18.3. The maximum Gasteiger partial charge on any atom is 0.253 e. The summed E-state index contributed by atoms with van der Waals surface area (Å²) < 4.78 is 0. The van der Waals surface area contributed by atoms with Crippen LogP contribution in [0.4, 0.5) is 11.4 Å². The lowest BCUT2D eigenvalue weighted by Gasteiger charge is -2.36. The molecule has 1 N–H and O–H groups in total. The zero-order chi connectivity index (χ0) is 22.0. The molecule has 31 heavy (non-hydrogen) atoms. The normalized spacial score (nSPS) is 21.5. The molecule has 6 nitrogen and oxygen atoms in total. The van der Waals surface area contributed by atoms with Crippen molar-refractivity contribution in [3.63, 3.8) is 0 Å². The first-order chi connectivity index (χ1) is 15.0. The van der Waals surface area contributed by atoms with Crippen LogP contribution in [0.15, 0.2) is 42.5 Å². The van der Waals surface area contributed by atoms with E-state index in [0.717, 1.165) is 37.9 Å². The van der Waals surface area contributed by atoms with Gasteiger partial charge in [-0.2, -0.15) is 0 Å². The number of aliphatic hydroxyl groups excluding tert-OH is 1. The number of nitrogens with zero attached hydrogens (tertiary/aromatic N) is 3. The van der Waals surface area contributed by atoms with Gasteiger partial charge in [0.2, 0.25) is 0 Å². The molecule has 2 aromatic carbocycles. The van der Waals surface area contributed by atoms with Crippen molar-refractivity contribution in [3.05, 3.63) is 59.2 Å². The fourth-order valence-electron chi connectivity index (χ4n) is 4.89. The van der Waals surface area contributed by atoms with Crippen LogP contribution in [0.25, 0.3) is 0 Å². The van der Waals surface area contributed by atoms with Crippen molar-refractivity contribution in [1.29, 1.82) is 0 Å². The molecule has 2 aliphatic rings. The molecule has 2 aliphatic heterocycles. The molecule has 0 aliphatic carbocycles. The van der Waals surface area contributed by atoms with Crippen molar-refractivity contribution in [3.8, 4) is 0 Å². The van der Waals surface area contributed by atoms with Crippen molar-refractivity contribution in [1.82, 2.24) is 4.90 Å². The van der Waals surface area contributed by atoms with Crippen LogP contribution in [-0.2, 0) is 4.79 Å². The summed E-state index contributed by atoms with van der Waals surface area (Å²) in [6.07, 6.45) is 2.50. The highest BCUT2D eigenvalue weighted by Crippen LogP contribution is 2.30. The Morgan fingerprint density at radius 1 is 0.968 bits per heavy atom. The smallest absolute Gasteiger partial charge is 0.253 e. The molecule has 0 radical (unpaired) electrons. The minimum absolute atomic E-state index is 0.0236. The number of amides is 1. The average Bonchev–Trinajstić information content (AvgIpc) is 3.21. The van der Waals surface area contributed by atoms with Gasteiger partial charge in [-0.15, -0.1) is 0 Å². The molecular formula is C25H31N3O3. The van der Waals surface area contributed by atoms with Gasteiger partial charge in [0.25, 0.3) is 5.91 Å². The van der Waals surface area contributed by atoms with Crippen molar-refractivity contribution < 1.29 is 14.7 Å². The summed E-state index contributed by atoms with van der Waals surface area (Å²) in [6.45, 7) is 7.28. The number of aliphatic hydroxyl groups is 1. The van der Waals surface area contributed by atoms with E-state index in [2.05, 4.69) is 36.9 Å². The highest BCUT2D eigenvalue weighted by Gasteiger charge is 2.33. The Morgan fingerprint density at radius 3 is 2.19 bits per heavy atom. The molecule has 4 rings (SSSR count). The van der Waals surface area contributed by atoms with Crippen LogP contribution in [-0.4, -0.2) is 67.1 Å². The van der Waals surface area contributed by atoms with Crippen LogP contribution in [0.3, 0.4) is 0 Å². The van der Waals surface area contributed by atoms with Crippen molar-refractivity contribution in [2.45, 2.75) is 38.8 Å². The van der Waals surface area contributed by atoms with Gasteiger partial charge in [0.15, 0.2) is 0 Å². The minimum atomic E-state index is -0.211. The molecule has 0 aromatic heterocycles. The van der Waals surface area contributed by atoms with E-state index in [1.165, 1.54) is 16.8 Å². The summed E-state index contributed by atoms with van der Waals surface area (Å²) in [5.41, 5.74) is 5.28. The summed E-state index contributed by atoms with van der Waals surface area (Å²) >= 11 is 0. The molecule has 2 saturated heterocycles. The second-order valence-corrected chi connectivity index (χ2v) is 8.70. The van der Waals surface area contributed by atoms with Gasteiger partial charge in [0.1, 0.15) is 6.29 Å². The van der Waals surface area contributed by atoms with Crippen molar-refractivity contribution in [2.24, 2.45) is 0 Å². The van der Waals surface area contributed by atoms with E-state index in [1.807, 2.05) is 34.1 Å². The molecule has 0 bridgehead atoms. The molecule has 2 heterocycles. The number of anilines is 2. The zero-order valence-corrected chi connectivity index (χ0v) is 18.3. The van der Waals surface area contributed by atoms with Gasteiger partial charge >= 0.3 is 0 Å². The summed E-state index contributed by atoms with van der Waals surface area (Å²) in [5.74, 6) is 0.0405. The van der Waals surface area contributed by atoms with Crippen LogP contribution in [0, 0.1) is 13.8 Å². The number of aldehydes is 1. The Bertz CT molecular complexity index is 915. The number of rotatable bonds is 5. The third kappa shape index (κ3) is 4.44. The number of carbonyl (C=O) groups excluding carboxylic acids is 2. The molecule has 2 fully saturated rings. The fourth-order valence-corrected chi connectivity index (χ4v) is 4.89. The molecule has 164 valence electrons. The summed E-state index contributed by atoms with van der Waals surface area (Å²) in [7, 11) is 0. The predicted octanol–water partition coefficient (Wildman–Crippen LogP) is 2.79. The van der Waals surface area contributed by atoms with Gasteiger partial charge in [-0.3, -0.25) is 4.79 Å². The van der Waals surface area contributed by atoms with Crippen LogP contribution in [0.2, 0.25) is 0 Å². The number of benzene rings is 2. The first-order valence-electron chi connectivity index (χ1n) is 11.1. The quantitative estimate of drug-likeness (QED) is 0.752. The van der Waals surface area contributed by atoms with E-state index >= 15 is 0 Å².